The average molecular weight is 670 g/mol. The minimum atomic E-state index is 0.223. The Labute approximate surface area is 295 Å². The van der Waals surface area contributed by atoms with Crippen molar-refractivity contribution in [2.24, 2.45) is 15.0 Å². The van der Waals surface area contributed by atoms with E-state index in [1.54, 1.807) is 24.6 Å². The standard InChI is InChI=1S/C40H59N7O2/c1-29(2)44(8)36-14-11-33(32(7)23-36)26-41-17-20-47(21-18-42-27-34-12-15-37(24-39(34)48)45(9)30(3)4)22-19-43-28-35-13-16-38(25-40(35)49)46(10)31(5)6/h11-16,23-31,48-49H,17-22H2,1-10H3. The van der Waals surface area contributed by atoms with Crippen molar-refractivity contribution in [2.75, 3.05) is 75.1 Å². The van der Waals surface area contributed by atoms with Crippen LogP contribution in [0.1, 0.15) is 63.8 Å². The van der Waals surface area contributed by atoms with Gasteiger partial charge in [0, 0.05) is 118 Å². The normalized spacial score (nSPS) is 12.2. The highest BCUT2D eigenvalue weighted by atomic mass is 16.3. The number of phenols is 2. The fourth-order valence-corrected chi connectivity index (χ4v) is 5.06. The molecule has 0 atom stereocenters. The van der Waals surface area contributed by atoms with Gasteiger partial charge < -0.3 is 24.9 Å². The van der Waals surface area contributed by atoms with Crippen LogP contribution < -0.4 is 14.7 Å². The number of hydrogen-bond donors (Lipinski definition) is 2. The number of hydrogen-bond acceptors (Lipinski definition) is 9. The first kappa shape index (κ1) is 39.1. The molecule has 0 aliphatic rings. The Balaban J connectivity index is 1.64. The van der Waals surface area contributed by atoms with Gasteiger partial charge in [-0.1, -0.05) is 6.07 Å². The first-order valence-corrected chi connectivity index (χ1v) is 17.5. The summed E-state index contributed by atoms with van der Waals surface area (Å²) >= 11 is 0. The molecule has 9 heteroatoms. The van der Waals surface area contributed by atoms with Gasteiger partial charge in [0.05, 0.1) is 19.6 Å². The van der Waals surface area contributed by atoms with Crippen LogP contribution in [0.15, 0.2) is 69.6 Å². The van der Waals surface area contributed by atoms with E-state index in [1.165, 1.54) is 11.3 Å². The lowest BCUT2D eigenvalue weighted by molar-refractivity contribution is 0.298. The van der Waals surface area contributed by atoms with Crippen LogP contribution in [0.2, 0.25) is 0 Å². The van der Waals surface area contributed by atoms with Crippen LogP contribution in [0.25, 0.3) is 0 Å². The summed E-state index contributed by atoms with van der Waals surface area (Å²) in [5.74, 6) is 0.446. The van der Waals surface area contributed by atoms with Gasteiger partial charge in [0.2, 0.25) is 0 Å². The molecule has 3 aromatic rings. The zero-order chi connectivity index (χ0) is 36.1. The second kappa shape index (κ2) is 19.0. The number of aromatic hydroxyl groups is 2. The molecule has 3 rings (SSSR count). The first-order valence-electron chi connectivity index (χ1n) is 17.5. The Bertz CT molecular complexity index is 1380. The molecule has 0 unspecified atom stereocenters. The van der Waals surface area contributed by atoms with Gasteiger partial charge in [-0.25, -0.2) is 0 Å². The van der Waals surface area contributed by atoms with E-state index in [1.807, 2.05) is 44.6 Å². The van der Waals surface area contributed by atoms with Crippen molar-refractivity contribution in [3.05, 3.63) is 76.9 Å². The van der Waals surface area contributed by atoms with E-state index in [9.17, 15) is 10.2 Å². The topological polar surface area (TPSA) is 90.5 Å². The highest BCUT2D eigenvalue weighted by molar-refractivity contribution is 5.85. The van der Waals surface area contributed by atoms with Crippen molar-refractivity contribution in [2.45, 2.75) is 66.6 Å². The SMILES string of the molecule is Cc1cc(N(C)C(C)C)ccc1C=NCCN(CCN=Cc1ccc(N(C)C(C)C)cc1O)CCN=Cc1ccc(N(C)C(C)C)cc1O. The maximum Gasteiger partial charge on any atom is 0.126 e. The van der Waals surface area contributed by atoms with Crippen molar-refractivity contribution in [1.82, 2.24) is 4.90 Å². The van der Waals surface area contributed by atoms with Gasteiger partial charge in [-0.2, -0.15) is 0 Å². The molecule has 9 nitrogen and oxygen atoms in total. The van der Waals surface area contributed by atoms with Crippen LogP contribution in [0.4, 0.5) is 17.1 Å². The van der Waals surface area contributed by atoms with Crippen LogP contribution in [0.3, 0.4) is 0 Å². The maximum atomic E-state index is 10.6. The summed E-state index contributed by atoms with van der Waals surface area (Å²) in [4.78, 5) is 22.8. The van der Waals surface area contributed by atoms with E-state index in [0.717, 1.165) is 36.6 Å². The third-order valence-corrected chi connectivity index (χ3v) is 9.15. The zero-order valence-electron chi connectivity index (χ0n) is 31.4. The third-order valence-electron chi connectivity index (χ3n) is 9.15. The average Bonchev–Trinajstić information content (AvgIpc) is 3.06. The van der Waals surface area contributed by atoms with Crippen LogP contribution in [0.5, 0.6) is 11.5 Å². The molecule has 266 valence electrons. The van der Waals surface area contributed by atoms with Crippen molar-refractivity contribution in [1.29, 1.82) is 0 Å². The molecule has 0 saturated heterocycles. The van der Waals surface area contributed by atoms with E-state index in [0.29, 0.717) is 48.9 Å². The fourth-order valence-electron chi connectivity index (χ4n) is 5.06. The first-order chi connectivity index (χ1) is 23.3. The predicted molar refractivity (Wildman–Crippen MR) is 212 cm³/mol. The summed E-state index contributed by atoms with van der Waals surface area (Å²) in [6.07, 6.45) is 5.46. The van der Waals surface area contributed by atoms with Crippen LogP contribution in [0, 0.1) is 6.92 Å². The Morgan fingerprint density at radius 3 is 1.18 bits per heavy atom. The molecule has 0 bridgehead atoms. The smallest absolute Gasteiger partial charge is 0.126 e. The quantitative estimate of drug-likeness (QED) is 0.143. The van der Waals surface area contributed by atoms with E-state index in [2.05, 4.69) is 103 Å². The number of phenolic OH excluding ortho intramolecular Hbond substituents is 2. The Morgan fingerprint density at radius 2 is 0.857 bits per heavy atom. The zero-order valence-corrected chi connectivity index (χ0v) is 31.4. The number of benzene rings is 3. The Hall–Kier alpha value is -4.37. The fraction of sp³-hybridized carbons (Fsp3) is 0.475. The van der Waals surface area contributed by atoms with Crippen molar-refractivity contribution >= 4 is 35.7 Å². The van der Waals surface area contributed by atoms with Gasteiger partial charge in [0.15, 0.2) is 0 Å². The molecule has 0 aliphatic heterocycles. The minimum Gasteiger partial charge on any atom is -0.507 e. The summed E-state index contributed by atoms with van der Waals surface area (Å²) < 4.78 is 0. The van der Waals surface area contributed by atoms with E-state index < -0.39 is 0 Å². The predicted octanol–water partition coefficient (Wildman–Crippen LogP) is 6.90. The highest BCUT2D eigenvalue weighted by Gasteiger charge is 2.10. The highest BCUT2D eigenvalue weighted by Crippen LogP contribution is 2.25. The van der Waals surface area contributed by atoms with E-state index in [4.69, 9.17) is 4.99 Å². The molecular weight excluding hydrogens is 610 g/mol. The molecule has 0 saturated carbocycles. The molecular formula is C40H59N7O2. The van der Waals surface area contributed by atoms with Gasteiger partial charge in [0.1, 0.15) is 11.5 Å². The number of anilines is 3. The van der Waals surface area contributed by atoms with Gasteiger partial charge in [-0.15, -0.1) is 0 Å². The Morgan fingerprint density at radius 1 is 0.531 bits per heavy atom. The lowest BCUT2D eigenvalue weighted by Gasteiger charge is -2.24. The molecule has 49 heavy (non-hydrogen) atoms. The number of rotatable bonds is 18. The second-order valence-electron chi connectivity index (χ2n) is 13.6. The summed E-state index contributed by atoms with van der Waals surface area (Å²) in [6.45, 7) is 19.0. The lowest BCUT2D eigenvalue weighted by atomic mass is 10.1. The molecule has 0 heterocycles. The number of nitrogens with zero attached hydrogens (tertiary/aromatic N) is 7. The third kappa shape index (κ3) is 11.9. The lowest BCUT2D eigenvalue weighted by Crippen LogP contribution is -2.31. The van der Waals surface area contributed by atoms with Crippen molar-refractivity contribution in [3.63, 3.8) is 0 Å². The Kier molecular flexibility index (Phi) is 15.1. The number of aliphatic imine (C=N–C) groups is 3. The molecule has 0 radical (unpaired) electrons. The van der Waals surface area contributed by atoms with Gasteiger partial charge in [-0.3, -0.25) is 19.9 Å². The molecule has 0 fully saturated rings. The molecule has 0 amide bonds. The minimum absolute atomic E-state index is 0.223. The van der Waals surface area contributed by atoms with Crippen molar-refractivity contribution < 1.29 is 10.2 Å². The molecule has 0 aliphatic carbocycles. The molecule has 2 N–H and O–H groups in total. The maximum absolute atomic E-state index is 10.6. The van der Waals surface area contributed by atoms with Crippen molar-refractivity contribution in [3.8, 4) is 11.5 Å². The molecule has 0 spiro atoms. The van der Waals surface area contributed by atoms with Gasteiger partial charge >= 0.3 is 0 Å². The van der Waals surface area contributed by atoms with Crippen LogP contribution >= 0.6 is 0 Å². The van der Waals surface area contributed by atoms with Crippen LogP contribution in [-0.4, -0.2) is 112 Å². The number of aryl methyl sites for hydroxylation is 1. The molecule has 3 aromatic carbocycles. The summed E-state index contributed by atoms with van der Waals surface area (Å²) in [5, 5.41) is 21.2. The summed E-state index contributed by atoms with van der Waals surface area (Å²) in [5.41, 5.74) is 6.87. The monoisotopic (exact) mass is 669 g/mol. The summed E-state index contributed by atoms with van der Waals surface area (Å²) in [7, 11) is 6.15. The van der Waals surface area contributed by atoms with E-state index in [-0.39, 0.29) is 11.5 Å². The largest absolute Gasteiger partial charge is 0.507 e. The summed E-state index contributed by atoms with van der Waals surface area (Å²) in [6, 6.07) is 19.0. The van der Waals surface area contributed by atoms with Gasteiger partial charge in [-0.05, 0) is 96.0 Å². The van der Waals surface area contributed by atoms with Crippen LogP contribution in [-0.2, 0) is 0 Å². The van der Waals surface area contributed by atoms with E-state index >= 15 is 0 Å². The molecule has 0 aromatic heterocycles. The van der Waals surface area contributed by atoms with Gasteiger partial charge in [0.25, 0.3) is 0 Å². The second-order valence-corrected chi connectivity index (χ2v) is 13.6.